The minimum Gasteiger partial charge on any atom is -0.756 e. The molecule has 0 radical (unpaired) electrons. The molecule has 0 bridgehead atoms. The van der Waals surface area contributed by atoms with E-state index in [1.54, 1.807) is 6.08 Å². The molecule has 0 rings (SSSR count). The third-order valence-corrected chi connectivity index (χ3v) is 7.96. The molecule has 238 valence electrons. The number of amides is 1. The summed E-state index contributed by atoms with van der Waals surface area (Å²) < 4.78 is 22.8. The lowest BCUT2D eigenvalue weighted by Gasteiger charge is -2.29. The van der Waals surface area contributed by atoms with E-state index in [1.807, 2.05) is 27.2 Å². The van der Waals surface area contributed by atoms with Gasteiger partial charge in [0.1, 0.15) is 13.2 Å². The van der Waals surface area contributed by atoms with E-state index in [9.17, 15) is 19.4 Å². The van der Waals surface area contributed by atoms with E-state index in [2.05, 4.69) is 19.2 Å². The maximum Gasteiger partial charge on any atom is 0.268 e. The van der Waals surface area contributed by atoms with Crippen molar-refractivity contribution in [2.24, 2.45) is 0 Å². The SMILES string of the molecule is CCCCCC/C=C/C(O)C(COP(=O)([O-])OCC[N+](C)(C)C)NC(=O)CCCCCCCCCCCCCC. The van der Waals surface area contributed by atoms with Gasteiger partial charge in [-0.2, -0.15) is 0 Å². The van der Waals surface area contributed by atoms with E-state index in [-0.39, 0.29) is 19.1 Å². The van der Waals surface area contributed by atoms with Gasteiger partial charge in [0.05, 0.1) is 39.9 Å². The maximum atomic E-state index is 12.6. The first-order valence-electron chi connectivity index (χ1n) is 16.1. The van der Waals surface area contributed by atoms with Gasteiger partial charge in [0.2, 0.25) is 5.91 Å². The molecule has 0 saturated heterocycles. The van der Waals surface area contributed by atoms with Crippen LogP contribution in [0.3, 0.4) is 0 Å². The Kier molecular flexibility index (Phi) is 24.3. The van der Waals surface area contributed by atoms with Crippen molar-refractivity contribution in [1.29, 1.82) is 0 Å². The zero-order valence-corrected chi connectivity index (χ0v) is 27.4. The largest absolute Gasteiger partial charge is 0.756 e. The number of unbranched alkanes of at least 4 members (excludes halogenated alkanes) is 15. The van der Waals surface area contributed by atoms with Gasteiger partial charge >= 0.3 is 0 Å². The topological polar surface area (TPSA) is 108 Å². The van der Waals surface area contributed by atoms with E-state index in [0.29, 0.717) is 17.4 Å². The van der Waals surface area contributed by atoms with E-state index < -0.39 is 20.0 Å². The van der Waals surface area contributed by atoms with Crippen molar-refractivity contribution >= 4 is 13.7 Å². The first kappa shape index (κ1) is 39.2. The number of likely N-dealkylation sites (N-methyl/N-ethyl adjacent to an activating group) is 1. The number of hydrogen-bond acceptors (Lipinski definition) is 6. The number of aliphatic hydroxyl groups is 1. The average Bonchev–Trinajstić information content (AvgIpc) is 2.88. The second kappa shape index (κ2) is 24.8. The fourth-order valence-corrected chi connectivity index (χ4v) is 5.05. The van der Waals surface area contributed by atoms with Crippen molar-refractivity contribution in [2.45, 2.75) is 142 Å². The average molecular weight is 591 g/mol. The lowest BCUT2D eigenvalue weighted by atomic mass is 10.0. The molecule has 0 aromatic carbocycles. The summed E-state index contributed by atoms with van der Waals surface area (Å²) in [6.45, 7) is 4.52. The Balaban J connectivity index is 4.52. The highest BCUT2D eigenvalue weighted by molar-refractivity contribution is 7.45. The van der Waals surface area contributed by atoms with Crippen molar-refractivity contribution in [3.63, 3.8) is 0 Å². The van der Waals surface area contributed by atoms with E-state index in [1.165, 1.54) is 64.2 Å². The molecular formula is C31H63N2O6P. The molecule has 0 aliphatic rings. The highest BCUT2D eigenvalue weighted by Crippen LogP contribution is 2.38. The summed E-state index contributed by atoms with van der Waals surface area (Å²) in [6, 6.07) is -0.874. The monoisotopic (exact) mass is 590 g/mol. The highest BCUT2D eigenvalue weighted by atomic mass is 31.2. The molecule has 0 saturated carbocycles. The number of carbonyl (C=O) groups is 1. The Morgan fingerprint density at radius 3 is 1.88 bits per heavy atom. The zero-order valence-electron chi connectivity index (χ0n) is 26.5. The Hall–Kier alpha value is -0.760. The Morgan fingerprint density at radius 2 is 1.35 bits per heavy atom. The van der Waals surface area contributed by atoms with Crippen LogP contribution in [0, 0.1) is 0 Å². The van der Waals surface area contributed by atoms with Crippen LogP contribution in [0.2, 0.25) is 0 Å². The molecule has 0 spiro atoms. The maximum absolute atomic E-state index is 12.6. The van der Waals surface area contributed by atoms with Crippen molar-refractivity contribution in [3.8, 4) is 0 Å². The molecule has 0 aliphatic carbocycles. The molecule has 3 unspecified atom stereocenters. The number of phosphoric acid groups is 1. The number of phosphoric ester groups is 1. The first-order valence-corrected chi connectivity index (χ1v) is 17.5. The van der Waals surface area contributed by atoms with Crippen LogP contribution in [0.4, 0.5) is 0 Å². The van der Waals surface area contributed by atoms with Crippen molar-refractivity contribution in [3.05, 3.63) is 12.2 Å². The van der Waals surface area contributed by atoms with Crippen molar-refractivity contribution < 1.29 is 32.9 Å². The van der Waals surface area contributed by atoms with Gasteiger partial charge in [-0.1, -0.05) is 116 Å². The minimum absolute atomic E-state index is 0.000475. The lowest BCUT2D eigenvalue weighted by Crippen LogP contribution is -2.45. The number of hydrogen-bond donors (Lipinski definition) is 2. The number of nitrogens with zero attached hydrogens (tertiary/aromatic N) is 1. The Bertz CT molecular complexity index is 683. The normalized spacial score (nSPS) is 15.3. The van der Waals surface area contributed by atoms with Crippen LogP contribution in [0.15, 0.2) is 12.2 Å². The molecule has 0 aromatic heterocycles. The number of allylic oxidation sites excluding steroid dienone is 1. The molecule has 0 heterocycles. The molecule has 8 nitrogen and oxygen atoms in total. The quantitative estimate of drug-likeness (QED) is 0.0457. The summed E-state index contributed by atoms with van der Waals surface area (Å²) in [6.07, 6.45) is 22.7. The molecule has 3 atom stereocenters. The summed E-state index contributed by atoms with van der Waals surface area (Å²) in [4.78, 5) is 24.9. The standard InChI is InChI=1S/C31H63N2O6P/c1-6-8-10-12-14-15-16-17-18-19-21-23-25-31(35)32-29(30(34)24-22-20-13-11-9-7-2)28-39-40(36,37)38-27-26-33(3,4)5/h22,24,29-30,34H,6-21,23,25-28H2,1-5H3,(H-,32,35,36,37)/b24-22+. The predicted molar refractivity (Wildman–Crippen MR) is 164 cm³/mol. The van der Waals surface area contributed by atoms with Gasteiger partial charge in [0, 0.05) is 6.42 Å². The highest BCUT2D eigenvalue weighted by Gasteiger charge is 2.23. The van der Waals surface area contributed by atoms with Gasteiger partial charge in [0.15, 0.2) is 0 Å². The molecule has 9 heteroatoms. The van der Waals surface area contributed by atoms with Crippen molar-refractivity contribution in [1.82, 2.24) is 5.32 Å². The van der Waals surface area contributed by atoms with Crippen LogP contribution in [-0.4, -0.2) is 68.5 Å². The Morgan fingerprint density at radius 1 is 0.850 bits per heavy atom. The van der Waals surface area contributed by atoms with Crippen molar-refractivity contribution in [2.75, 3.05) is 40.9 Å². The number of quaternary nitrogens is 1. The van der Waals surface area contributed by atoms with Crippen LogP contribution >= 0.6 is 7.82 Å². The fourth-order valence-electron chi connectivity index (χ4n) is 4.33. The number of carbonyl (C=O) groups excluding carboxylic acids is 1. The number of aliphatic hydroxyl groups excluding tert-OH is 1. The van der Waals surface area contributed by atoms with Crippen LogP contribution in [0.1, 0.15) is 129 Å². The van der Waals surface area contributed by atoms with E-state index >= 15 is 0 Å². The van der Waals surface area contributed by atoms with Crippen LogP contribution in [0.5, 0.6) is 0 Å². The molecule has 0 aliphatic heterocycles. The number of nitrogens with one attached hydrogen (secondary N) is 1. The van der Waals surface area contributed by atoms with Gasteiger partial charge in [0.25, 0.3) is 7.82 Å². The predicted octanol–water partition coefficient (Wildman–Crippen LogP) is 6.66. The smallest absolute Gasteiger partial charge is 0.268 e. The van der Waals surface area contributed by atoms with Gasteiger partial charge in [-0.05, 0) is 19.3 Å². The zero-order chi connectivity index (χ0) is 30.1. The summed E-state index contributed by atoms with van der Waals surface area (Å²) in [5.41, 5.74) is 0. The van der Waals surface area contributed by atoms with E-state index in [0.717, 1.165) is 44.9 Å². The van der Waals surface area contributed by atoms with Crippen LogP contribution in [0.25, 0.3) is 0 Å². The first-order chi connectivity index (χ1) is 19.0. The van der Waals surface area contributed by atoms with E-state index in [4.69, 9.17) is 9.05 Å². The van der Waals surface area contributed by atoms with Gasteiger partial charge in [-0.15, -0.1) is 0 Å². The number of rotatable bonds is 28. The molecule has 0 fully saturated rings. The van der Waals surface area contributed by atoms with Gasteiger partial charge in [-0.3, -0.25) is 9.36 Å². The third-order valence-electron chi connectivity index (χ3n) is 7.00. The molecule has 1 amide bonds. The van der Waals surface area contributed by atoms with Gasteiger partial charge in [-0.25, -0.2) is 0 Å². The second-order valence-corrected chi connectivity index (χ2v) is 13.6. The van der Waals surface area contributed by atoms with Crippen LogP contribution < -0.4 is 10.2 Å². The lowest BCUT2D eigenvalue weighted by molar-refractivity contribution is -0.870. The molecule has 2 N–H and O–H groups in total. The van der Waals surface area contributed by atoms with Crippen LogP contribution in [-0.2, 0) is 18.4 Å². The summed E-state index contributed by atoms with van der Waals surface area (Å²) in [5.74, 6) is -0.206. The molecule has 40 heavy (non-hydrogen) atoms. The fraction of sp³-hybridized carbons (Fsp3) is 0.903. The molecular weight excluding hydrogens is 527 g/mol. The minimum atomic E-state index is -4.56. The van der Waals surface area contributed by atoms with Gasteiger partial charge < -0.3 is 28.8 Å². The summed E-state index contributed by atoms with van der Waals surface area (Å²) >= 11 is 0. The summed E-state index contributed by atoms with van der Waals surface area (Å²) in [7, 11) is 1.26. The third kappa shape index (κ3) is 26.2. The second-order valence-electron chi connectivity index (χ2n) is 12.2. The Labute approximate surface area is 246 Å². The summed E-state index contributed by atoms with van der Waals surface area (Å²) in [5, 5.41) is 13.5. The molecule has 0 aromatic rings.